The lowest BCUT2D eigenvalue weighted by Gasteiger charge is -2.31. The summed E-state index contributed by atoms with van der Waals surface area (Å²) in [7, 11) is 0. The van der Waals surface area contributed by atoms with E-state index in [0.29, 0.717) is 0 Å². The molecule has 2 aliphatic carbocycles. The van der Waals surface area contributed by atoms with E-state index in [1.807, 2.05) is 23.5 Å². The zero-order chi connectivity index (χ0) is 39.8. The predicted molar refractivity (Wildman–Crippen MR) is 253 cm³/mol. The molecule has 286 valence electrons. The van der Waals surface area contributed by atoms with Crippen molar-refractivity contribution in [2.75, 3.05) is 4.90 Å². The summed E-state index contributed by atoms with van der Waals surface area (Å²) in [6.45, 7) is 0. The smallest absolute Gasteiger partial charge is 0.159 e. The Morgan fingerprint density at radius 1 is 0.517 bits per heavy atom. The quantitative estimate of drug-likeness (QED) is 0.167. The third kappa shape index (κ3) is 6.69. The Morgan fingerprint density at radius 3 is 1.67 bits per heavy atom. The summed E-state index contributed by atoms with van der Waals surface area (Å²) < 4.78 is 1.24. The van der Waals surface area contributed by atoms with E-state index in [0.717, 1.165) is 45.4 Å². The maximum absolute atomic E-state index is 5.28. The van der Waals surface area contributed by atoms with Crippen LogP contribution in [0.25, 0.3) is 37.9 Å². The van der Waals surface area contributed by atoms with Gasteiger partial charge in [-0.15, -0.1) is 11.3 Å². The number of thiophene rings is 1. The lowest BCUT2D eigenvalue weighted by molar-refractivity contribution is 0.672. The Balaban J connectivity index is 1.03. The predicted octanol–water partition coefficient (Wildman–Crippen LogP) is 14.1. The Kier molecular flexibility index (Phi) is 9.21. The number of hydrogen-bond acceptors (Lipinski definition) is 5. The van der Waals surface area contributed by atoms with Crippen LogP contribution in [-0.2, 0) is 0 Å². The third-order valence-electron chi connectivity index (χ3n) is 11.7. The number of anilines is 3. The minimum atomic E-state index is -0.270. The average molecular weight is 789 g/mol. The summed E-state index contributed by atoms with van der Waals surface area (Å²) in [6, 6.07) is 66.8. The van der Waals surface area contributed by atoms with Crippen molar-refractivity contribution in [1.29, 1.82) is 0 Å². The Bertz CT molecular complexity index is 2900. The molecule has 3 aliphatic rings. The van der Waals surface area contributed by atoms with Gasteiger partial charge in [0.1, 0.15) is 12.0 Å². The highest BCUT2D eigenvalue weighted by Gasteiger charge is 2.35. The van der Waals surface area contributed by atoms with Gasteiger partial charge in [0.05, 0.1) is 0 Å². The summed E-state index contributed by atoms with van der Waals surface area (Å²) in [6.07, 6.45) is 11.2. The van der Waals surface area contributed by atoms with Gasteiger partial charge in [0, 0.05) is 49.6 Å². The standard InChI is InChI=1S/C55H40N4S/c1-5-15-37(16-6-1)39-25-29-44(30-26-39)59(45-31-27-40(28-32-45)38-17-7-2-8-18-38)46-33-34-48-50(36-46)60-52-49(35-43-23-13-14-24-47(43)51(48)52)55-57-53(41-19-9-3-10-20-41)56-54(58-55)42-21-11-4-12-22-42/h1-36,43,47,53H,(H,56,57,58). The Morgan fingerprint density at radius 2 is 1.05 bits per heavy atom. The highest BCUT2D eigenvalue weighted by molar-refractivity contribution is 7.20. The van der Waals surface area contributed by atoms with Crippen LogP contribution < -0.4 is 10.2 Å². The summed E-state index contributed by atoms with van der Waals surface area (Å²) in [4.78, 5) is 14.1. The second-order valence-electron chi connectivity index (χ2n) is 15.4. The minimum Gasteiger partial charge on any atom is -0.344 e. The summed E-state index contributed by atoms with van der Waals surface area (Å²) in [5, 5.41) is 5.06. The highest BCUT2D eigenvalue weighted by Crippen LogP contribution is 2.50. The van der Waals surface area contributed by atoms with Crippen LogP contribution in [0.3, 0.4) is 0 Å². The van der Waals surface area contributed by atoms with Gasteiger partial charge >= 0.3 is 0 Å². The van der Waals surface area contributed by atoms with Crippen LogP contribution in [0.1, 0.15) is 33.7 Å². The van der Waals surface area contributed by atoms with Crippen molar-refractivity contribution in [2.45, 2.75) is 12.1 Å². The van der Waals surface area contributed by atoms with Crippen molar-refractivity contribution in [3.63, 3.8) is 0 Å². The number of nitrogens with one attached hydrogen (secondary N) is 1. The molecule has 1 aromatic heterocycles. The molecule has 0 saturated carbocycles. The van der Waals surface area contributed by atoms with Crippen LogP contribution in [0.4, 0.5) is 17.1 Å². The van der Waals surface area contributed by atoms with Crippen molar-refractivity contribution >= 4 is 55.7 Å². The van der Waals surface area contributed by atoms with Crippen molar-refractivity contribution in [3.8, 4) is 22.3 Å². The molecule has 1 N–H and O–H groups in total. The lowest BCUT2D eigenvalue weighted by Crippen LogP contribution is -2.34. The number of allylic oxidation sites excluding steroid dienone is 5. The molecule has 0 fully saturated rings. The molecular formula is C55H40N4S. The van der Waals surface area contributed by atoms with Crippen molar-refractivity contribution in [3.05, 3.63) is 240 Å². The van der Waals surface area contributed by atoms with Crippen LogP contribution in [0.15, 0.2) is 228 Å². The largest absolute Gasteiger partial charge is 0.344 e. The Hall–Kier alpha value is -7.34. The first-order valence-corrected chi connectivity index (χ1v) is 21.3. The van der Waals surface area contributed by atoms with E-state index >= 15 is 0 Å². The molecule has 0 amide bonds. The molecule has 7 aromatic carbocycles. The summed E-state index contributed by atoms with van der Waals surface area (Å²) in [5.74, 6) is 2.02. The minimum absolute atomic E-state index is 0.205. The molecule has 0 radical (unpaired) electrons. The van der Waals surface area contributed by atoms with Crippen molar-refractivity contribution < 1.29 is 0 Å². The summed E-state index contributed by atoms with van der Waals surface area (Å²) >= 11 is 1.86. The molecule has 5 heteroatoms. The van der Waals surface area contributed by atoms with Crippen LogP contribution >= 0.6 is 11.3 Å². The monoisotopic (exact) mass is 788 g/mol. The van der Waals surface area contributed by atoms with E-state index in [-0.39, 0.29) is 18.0 Å². The van der Waals surface area contributed by atoms with Crippen LogP contribution in [0.2, 0.25) is 0 Å². The second kappa shape index (κ2) is 15.4. The molecule has 0 bridgehead atoms. The van der Waals surface area contributed by atoms with E-state index < -0.39 is 0 Å². The summed E-state index contributed by atoms with van der Waals surface area (Å²) in [5.41, 5.74) is 12.7. The molecule has 11 rings (SSSR count). The van der Waals surface area contributed by atoms with Gasteiger partial charge in [-0.05, 0) is 75.2 Å². The number of amidine groups is 2. The van der Waals surface area contributed by atoms with Gasteiger partial charge in [0.15, 0.2) is 5.84 Å². The fourth-order valence-corrected chi connectivity index (χ4v) is 10.0. The van der Waals surface area contributed by atoms with Gasteiger partial charge in [0.25, 0.3) is 0 Å². The fourth-order valence-electron chi connectivity index (χ4n) is 8.73. The van der Waals surface area contributed by atoms with E-state index in [1.165, 1.54) is 42.8 Å². The normalized spacial score (nSPS) is 17.8. The van der Waals surface area contributed by atoms with Gasteiger partial charge in [0.2, 0.25) is 0 Å². The molecule has 0 saturated heterocycles. The molecule has 2 heterocycles. The Labute approximate surface area is 354 Å². The van der Waals surface area contributed by atoms with Crippen LogP contribution in [0.5, 0.6) is 0 Å². The number of fused-ring (bicyclic) bond motifs is 5. The zero-order valence-corrected chi connectivity index (χ0v) is 33.6. The van der Waals surface area contributed by atoms with Gasteiger partial charge in [-0.1, -0.05) is 182 Å². The lowest BCUT2D eigenvalue weighted by atomic mass is 9.76. The first kappa shape index (κ1) is 35.8. The van der Waals surface area contributed by atoms with Crippen LogP contribution in [-0.4, -0.2) is 11.7 Å². The number of rotatable bonds is 8. The topological polar surface area (TPSA) is 40.0 Å². The molecule has 0 spiro atoms. The molecule has 8 aromatic rings. The molecular weight excluding hydrogens is 749 g/mol. The van der Waals surface area contributed by atoms with Crippen molar-refractivity contribution in [1.82, 2.24) is 5.32 Å². The van der Waals surface area contributed by atoms with E-state index in [2.05, 4.69) is 217 Å². The number of aliphatic imine (C=N–C) groups is 2. The molecule has 60 heavy (non-hydrogen) atoms. The zero-order valence-electron chi connectivity index (χ0n) is 32.8. The number of benzene rings is 7. The SMILES string of the molecule is C1=CC2C=C(C3=NC(c4ccccc4)=NC(c4ccccc4)N3)c3sc4cc(N(c5ccc(-c6ccccc6)cc5)c5ccc(-c6ccccc6)cc5)ccc4c3C2C=C1. The maximum Gasteiger partial charge on any atom is 0.159 e. The molecule has 3 atom stereocenters. The van der Waals surface area contributed by atoms with Gasteiger partial charge in [-0.3, -0.25) is 0 Å². The fraction of sp³-hybridized carbons (Fsp3) is 0.0545. The van der Waals surface area contributed by atoms with Gasteiger partial charge < -0.3 is 10.2 Å². The third-order valence-corrected chi connectivity index (χ3v) is 12.9. The molecule has 4 nitrogen and oxygen atoms in total. The molecule has 1 aliphatic heterocycles. The van der Waals surface area contributed by atoms with Crippen LogP contribution in [0, 0.1) is 5.92 Å². The second-order valence-corrected chi connectivity index (χ2v) is 16.4. The van der Waals surface area contributed by atoms with Gasteiger partial charge in [-0.25, -0.2) is 9.98 Å². The van der Waals surface area contributed by atoms with Crippen molar-refractivity contribution in [2.24, 2.45) is 15.9 Å². The first-order valence-electron chi connectivity index (χ1n) is 20.5. The number of hydrogen-bond donors (Lipinski definition) is 1. The molecule has 3 unspecified atom stereocenters. The van der Waals surface area contributed by atoms with Gasteiger partial charge in [-0.2, -0.15) is 0 Å². The number of nitrogens with zero attached hydrogens (tertiary/aromatic N) is 3. The van der Waals surface area contributed by atoms with E-state index in [1.54, 1.807) is 0 Å². The first-order chi connectivity index (χ1) is 29.7. The van der Waals surface area contributed by atoms with E-state index in [4.69, 9.17) is 9.98 Å². The van der Waals surface area contributed by atoms with E-state index in [9.17, 15) is 0 Å². The average Bonchev–Trinajstić information content (AvgIpc) is 3.72. The highest BCUT2D eigenvalue weighted by atomic mass is 32.1. The maximum atomic E-state index is 5.28.